The topological polar surface area (TPSA) is 60.7 Å². The number of aliphatic hydroxyl groups is 3. The third kappa shape index (κ3) is 1.78. The number of hydrogen-bond donors (Lipinski definition) is 3. The minimum atomic E-state index is -1.65. The molecule has 4 aliphatic rings. The Morgan fingerprint density at radius 1 is 1.04 bits per heavy atom. The Kier molecular flexibility index (Phi) is 3.42. The van der Waals surface area contributed by atoms with Crippen molar-refractivity contribution in [3.05, 3.63) is 11.6 Å². The fourth-order valence-electron chi connectivity index (χ4n) is 6.94. The van der Waals surface area contributed by atoms with Crippen LogP contribution in [0.5, 0.6) is 0 Å². The van der Waals surface area contributed by atoms with E-state index in [-0.39, 0.29) is 11.8 Å². The lowest BCUT2D eigenvalue weighted by Gasteiger charge is -2.63. The summed E-state index contributed by atoms with van der Waals surface area (Å²) < 4.78 is 16.7. The van der Waals surface area contributed by atoms with Crippen LogP contribution in [-0.2, 0) is 0 Å². The zero-order valence-electron chi connectivity index (χ0n) is 15.1. The number of aliphatic hydroxyl groups excluding tert-OH is 2. The van der Waals surface area contributed by atoms with Crippen LogP contribution in [0.2, 0.25) is 0 Å². The Hall–Kier alpha value is -0.450. The van der Waals surface area contributed by atoms with Crippen LogP contribution in [0.1, 0.15) is 65.7 Å². The molecule has 136 valence electrons. The Morgan fingerprint density at radius 2 is 1.75 bits per heavy atom. The van der Waals surface area contributed by atoms with Crippen molar-refractivity contribution in [1.82, 2.24) is 0 Å². The summed E-state index contributed by atoms with van der Waals surface area (Å²) in [6, 6.07) is 0. The first kappa shape index (κ1) is 17.0. The Bertz CT molecular complexity index is 587. The van der Waals surface area contributed by atoms with Gasteiger partial charge in [0, 0.05) is 16.7 Å². The van der Waals surface area contributed by atoms with Crippen molar-refractivity contribution in [3.8, 4) is 0 Å². The van der Waals surface area contributed by atoms with E-state index in [1.165, 1.54) is 0 Å². The highest BCUT2D eigenvalue weighted by atomic mass is 19.1. The minimum Gasteiger partial charge on any atom is -0.390 e. The number of allylic oxidation sites excluding steroid dienone is 1. The molecule has 0 unspecified atom stereocenters. The summed E-state index contributed by atoms with van der Waals surface area (Å²) in [6.45, 7) is 5.86. The van der Waals surface area contributed by atoms with Crippen molar-refractivity contribution in [2.24, 2.45) is 22.7 Å². The highest BCUT2D eigenvalue weighted by molar-refractivity contribution is 5.32. The van der Waals surface area contributed by atoms with Gasteiger partial charge in [-0.25, -0.2) is 4.39 Å². The number of rotatable bonds is 0. The molecule has 8 atom stereocenters. The highest BCUT2D eigenvalue weighted by Gasteiger charge is 2.72. The molecule has 0 radical (unpaired) electrons. The maximum absolute atomic E-state index is 16.7. The van der Waals surface area contributed by atoms with Gasteiger partial charge in [-0.2, -0.15) is 0 Å². The summed E-state index contributed by atoms with van der Waals surface area (Å²) in [6.07, 6.45) is 4.80. The molecule has 0 aliphatic heterocycles. The van der Waals surface area contributed by atoms with Crippen LogP contribution in [0.3, 0.4) is 0 Å². The molecule has 0 aromatic carbocycles. The average molecular weight is 338 g/mol. The van der Waals surface area contributed by atoms with E-state index in [9.17, 15) is 15.3 Å². The molecule has 4 aliphatic carbocycles. The maximum Gasteiger partial charge on any atom is 0.148 e. The van der Waals surface area contributed by atoms with E-state index in [1.54, 1.807) is 0 Å². The quantitative estimate of drug-likeness (QED) is 0.595. The van der Waals surface area contributed by atoms with Crippen LogP contribution in [0, 0.1) is 22.7 Å². The highest BCUT2D eigenvalue weighted by Crippen LogP contribution is 2.70. The number of fused-ring (bicyclic) bond motifs is 5. The van der Waals surface area contributed by atoms with Gasteiger partial charge < -0.3 is 15.3 Å². The van der Waals surface area contributed by atoms with Crippen LogP contribution < -0.4 is 0 Å². The predicted octanol–water partition coefficient (Wildman–Crippen LogP) is 3.12. The van der Waals surface area contributed by atoms with Gasteiger partial charge in [-0.1, -0.05) is 25.5 Å². The van der Waals surface area contributed by atoms with Gasteiger partial charge in [0.1, 0.15) is 5.67 Å². The number of alkyl halides is 1. The van der Waals surface area contributed by atoms with Gasteiger partial charge >= 0.3 is 0 Å². The van der Waals surface area contributed by atoms with E-state index in [1.807, 2.05) is 26.8 Å². The molecule has 0 heterocycles. The first-order chi connectivity index (χ1) is 11.1. The molecule has 3 saturated carbocycles. The second-order valence-corrected chi connectivity index (χ2v) is 9.60. The van der Waals surface area contributed by atoms with E-state index in [0.29, 0.717) is 32.1 Å². The molecule has 0 aromatic heterocycles. The Morgan fingerprint density at radius 3 is 2.46 bits per heavy atom. The van der Waals surface area contributed by atoms with Crippen molar-refractivity contribution >= 4 is 0 Å². The lowest BCUT2D eigenvalue weighted by Crippen LogP contribution is -2.68. The van der Waals surface area contributed by atoms with Gasteiger partial charge in [0.15, 0.2) is 0 Å². The molecule has 24 heavy (non-hydrogen) atoms. The first-order valence-corrected chi connectivity index (χ1v) is 9.55. The largest absolute Gasteiger partial charge is 0.390 e. The van der Waals surface area contributed by atoms with Crippen molar-refractivity contribution in [2.45, 2.75) is 89.2 Å². The predicted molar refractivity (Wildman–Crippen MR) is 90.1 cm³/mol. The second-order valence-electron chi connectivity index (χ2n) is 9.60. The van der Waals surface area contributed by atoms with Gasteiger partial charge in [-0.3, -0.25) is 0 Å². The summed E-state index contributed by atoms with van der Waals surface area (Å²) in [7, 11) is 0. The Balaban J connectivity index is 1.81. The summed E-state index contributed by atoms with van der Waals surface area (Å²) in [4.78, 5) is 0. The van der Waals surface area contributed by atoms with Gasteiger partial charge in [0.05, 0.1) is 17.8 Å². The van der Waals surface area contributed by atoms with Crippen molar-refractivity contribution in [3.63, 3.8) is 0 Å². The molecule has 0 saturated heterocycles. The monoisotopic (exact) mass is 338 g/mol. The summed E-state index contributed by atoms with van der Waals surface area (Å²) in [5, 5.41) is 31.9. The van der Waals surface area contributed by atoms with Crippen molar-refractivity contribution in [1.29, 1.82) is 0 Å². The second kappa shape index (κ2) is 4.83. The van der Waals surface area contributed by atoms with E-state index in [0.717, 1.165) is 18.4 Å². The SMILES string of the molecule is C[C@]1(O)CC[C@H]2[C@@H]3CCC4=C[C@H](O)CC[C@]4(C)[C@@]3(F)[C@@H](O)C[C@@]21C. The van der Waals surface area contributed by atoms with E-state index in [2.05, 4.69) is 0 Å². The lowest BCUT2D eigenvalue weighted by atomic mass is 9.44. The van der Waals surface area contributed by atoms with E-state index < -0.39 is 34.3 Å². The van der Waals surface area contributed by atoms with E-state index >= 15 is 4.39 Å². The van der Waals surface area contributed by atoms with Gasteiger partial charge in [0.2, 0.25) is 0 Å². The number of hydrogen-bond acceptors (Lipinski definition) is 3. The molecule has 0 amide bonds. The molecule has 0 aromatic rings. The van der Waals surface area contributed by atoms with Gasteiger partial charge in [0.25, 0.3) is 0 Å². The van der Waals surface area contributed by atoms with Gasteiger partial charge in [-0.05, 0) is 57.8 Å². The minimum absolute atomic E-state index is 0.117. The van der Waals surface area contributed by atoms with Crippen molar-refractivity contribution in [2.75, 3.05) is 0 Å². The molecule has 3 fully saturated rings. The maximum atomic E-state index is 16.7. The normalized spacial score (nSPS) is 60.0. The number of halogens is 1. The molecular weight excluding hydrogens is 307 g/mol. The van der Waals surface area contributed by atoms with E-state index in [4.69, 9.17) is 0 Å². The Labute approximate surface area is 144 Å². The van der Waals surface area contributed by atoms with Crippen LogP contribution >= 0.6 is 0 Å². The molecule has 3 nitrogen and oxygen atoms in total. The zero-order chi connectivity index (χ0) is 17.5. The molecule has 0 spiro atoms. The molecule has 4 rings (SSSR count). The molecule has 4 heteroatoms. The standard InChI is InChI=1S/C20H31FO3/c1-17-8-6-13(22)10-12(17)4-5-15-14-7-9-19(3,24)18(14,2)11-16(23)20(15,17)21/h10,13-16,22-24H,4-9,11H2,1-3H3/t13-,14+,15+,16+,17+,18+,19+,20+/m1/s1. The summed E-state index contributed by atoms with van der Waals surface area (Å²) in [5.41, 5.74) is -2.60. The van der Waals surface area contributed by atoms with Crippen LogP contribution in [-0.4, -0.2) is 38.8 Å². The molecule has 3 N–H and O–H groups in total. The smallest absolute Gasteiger partial charge is 0.148 e. The average Bonchev–Trinajstić information content (AvgIpc) is 2.72. The van der Waals surface area contributed by atoms with Crippen LogP contribution in [0.15, 0.2) is 11.6 Å². The van der Waals surface area contributed by atoms with Crippen molar-refractivity contribution < 1.29 is 19.7 Å². The zero-order valence-corrected chi connectivity index (χ0v) is 15.1. The third-order valence-corrected chi connectivity index (χ3v) is 8.73. The first-order valence-electron chi connectivity index (χ1n) is 9.55. The summed E-state index contributed by atoms with van der Waals surface area (Å²) in [5.74, 6) is -0.0938. The van der Waals surface area contributed by atoms with Crippen LogP contribution in [0.4, 0.5) is 4.39 Å². The molecular formula is C20H31FO3. The molecule has 0 bridgehead atoms. The summed E-state index contributed by atoms with van der Waals surface area (Å²) >= 11 is 0. The van der Waals surface area contributed by atoms with Crippen LogP contribution in [0.25, 0.3) is 0 Å². The third-order valence-electron chi connectivity index (χ3n) is 8.73. The lowest BCUT2D eigenvalue weighted by molar-refractivity contribution is -0.226. The van der Waals surface area contributed by atoms with Gasteiger partial charge in [-0.15, -0.1) is 0 Å². The fourth-order valence-corrected chi connectivity index (χ4v) is 6.94. The fraction of sp³-hybridized carbons (Fsp3) is 0.900.